The summed E-state index contributed by atoms with van der Waals surface area (Å²) in [4.78, 5) is 25.9. The smallest absolute Gasteiger partial charge is 0.305 e. The van der Waals surface area contributed by atoms with E-state index in [1.54, 1.807) is 4.90 Å². The number of rotatable bonds is 6. The molecule has 0 saturated carbocycles. The summed E-state index contributed by atoms with van der Waals surface area (Å²) in [5.74, 6) is -1.02. The largest absolute Gasteiger partial charge is 0.481 e. The number of carbonyl (C=O) groups excluding carboxylic acids is 1. The van der Waals surface area contributed by atoms with Crippen molar-refractivity contribution < 1.29 is 19.4 Å². The van der Waals surface area contributed by atoms with E-state index in [9.17, 15) is 9.59 Å². The Bertz CT molecular complexity index is 763. The molecule has 0 unspecified atom stereocenters. The molecule has 1 aliphatic heterocycles. The standard InChI is InChI=1S/C20H24N2O4/c1-21-17(15-5-3-2-4-6-15)7-8-18(21)20(25)22(12-9-19(23)24)16-10-13-26-14-11-16/h2-8,16H,9-14H2,1H3,(H,23,24). The number of amides is 1. The first kappa shape index (κ1) is 18.2. The van der Waals surface area contributed by atoms with Crippen LogP contribution >= 0.6 is 0 Å². The van der Waals surface area contributed by atoms with Gasteiger partial charge in [0.05, 0.1) is 6.42 Å². The van der Waals surface area contributed by atoms with Gasteiger partial charge in [-0.2, -0.15) is 0 Å². The number of hydrogen-bond donors (Lipinski definition) is 1. The molecule has 0 spiro atoms. The predicted octanol–water partition coefficient (Wildman–Crippen LogP) is 2.79. The highest BCUT2D eigenvalue weighted by Crippen LogP contribution is 2.24. The first-order chi connectivity index (χ1) is 12.6. The van der Waals surface area contributed by atoms with E-state index in [1.807, 2.05) is 54.1 Å². The first-order valence-electron chi connectivity index (χ1n) is 8.89. The van der Waals surface area contributed by atoms with Gasteiger partial charge in [0.15, 0.2) is 0 Å². The van der Waals surface area contributed by atoms with E-state index in [2.05, 4.69) is 0 Å². The number of carboxylic acids is 1. The normalized spacial score (nSPS) is 15.0. The van der Waals surface area contributed by atoms with Gasteiger partial charge in [-0.1, -0.05) is 30.3 Å². The Kier molecular flexibility index (Phi) is 5.73. The highest BCUT2D eigenvalue weighted by Gasteiger charge is 2.28. The molecule has 1 amide bonds. The SMILES string of the molecule is Cn1c(C(=O)N(CCC(=O)O)C2CCOCC2)ccc1-c1ccccc1. The fourth-order valence-corrected chi connectivity index (χ4v) is 3.43. The number of aromatic nitrogens is 1. The molecule has 1 N–H and O–H groups in total. The van der Waals surface area contributed by atoms with Crippen molar-refractivity contribution in [2.24, 2.45) is 7.05 Å². The Morgan fingerprint density at radius 2 is 1.85 bits per heavy atom. The summed E-state index contributed by atoms with van der Waals surface area (Å²) in [5, 5.41) is 9.05. The molecule has 1 aromatic carbocycles. The third kappa shape index (κ3) is 3.96. The lowest BCUT2D eigenvalue weighted by Gasteiger charge is -2.34. The van der Waals surface area contributed by atoms with Gasteiger partial charge in [-0.25, -0.2) is 0 Å². The van der Waals surface area contributed by atoms with Gasteiger partial charge < -0.3 is 19.3 Å². The van der Waals surface area contributed by atoms with Gasteiger partial charge in [-0.3, -0.25) is 9.59 Å². The Balaban J connectivity index is 1.86. The highest BCUT2D eigenvalue weighted by atomic mass is 16.5. The van der Waals surface area contributed by atoms with Gasteiger partial charge >= 0.3 is 5.97 Å². The lowest BCUT2D eigenvalue weighted by atomic mass is 10.1. The number of carboxylic acid groups (broad SMARTS) is 1. The van der Waals surface area contributed by atoms with Crippen LogP contribution in [-0.4, -0.2) is 52.3 Å². The van der Waals surface area contributed by atoms with Crippen LogP contribution in [0.3, 0.4) is 0 Å². The van der Waals surface area contributed by atoms with Crippen molar-refractivity contribution in [2.45, 2.75) is 25.3 Å². The second kappa shape index (κ2) is 8.19. The van der Waals surface area contributed by atoms with Crippen molar-refractivity contribution in [1.82, 2.24) is 9.47 Å². The number of ether oxygens (including phenoxy) is 1. The van der Waals surface area contributed by atoms with Crippen molar-refractivity contribution in [1.29, 1.82) is 0 Å². The van der Waals surface area contributed by atoms with Gasteiger partial charge in [-0.05, 0) is 30.5 Å². The molecule has 0 bridgehead atoms. The molecule has 26 heavy (non-hydrogen) atoms. The van der Waals surface area contributed by atoms with Crippen molar-refractivity contribution in [3.8, 4) is 11.3 Å². The van der Waals surface area contributed by atoms with Gasteiger partial charge in [-0.15, -0.1) is 0 Å². The predicted molar refractivity (Wildman–Crippen MR) is 98.0 cm³/mol. The monoisotopic (exact) mass is 356 g/mol. The molecule has 1 aromatic heterocycles. The van der Waals surface area contributed by atoms with Crippen LogP contribution in [-0.2, 0) is 16.6 Å². The molecule has 0 atom stereocenters. The van der Waals surface area contributed by atoms with Crippen LogP contribution in [0.2, 0.25) is 0 Å². The summed E-state index contributed by atoms with van der Waals surface area (Å²) in [6.45, 7) is 1.42. The van der Waals surface area contributed by atoms with Crippen LogP contribution in [0.15, 0.2) is 42.5 Å². The van der Waals surface area contributed by atoms with E-state index in [0.29, 0.717) is 18.9 Å². The second-order valence-corrected chi connectivity index (χ2v) is 6.51. The van der Waals surface area contributed by atoms with Crippen molar-refractivity contribution >= 4 is 11.9 Å². The first-order valence-corrected chi connectivity index (χ1v) is 8.89. The van der Waals surface area contributed by atoms with E-state index < -0.39 is 5.97 Å². The Morgan fingerprint density at radius 3 is 2.50 bits per heavy atom. The molecule has 138 valence electrons. The number of carbonyl (C=O) groups is 2. The minimum atomic E-state index is -0.897. The Morgan fingerprint density at radius 1 is 1.15 bits per heavy atom. The van der Waals surface area contributed by atoms with Crippen LogP contribution in [0.25, 0.3) is 11.3 Å². The molecule has 2 aromatic rings. The number of hydrogen-bond acceptors (Lipinski definition) is 3. The average molecular weight is 356 g/mol. The summed E-state index contributed by atoms with van der Waals surface area (Å²) >= 11 is 0. The quantitative estimate of drug-likeness (QED) is 0.864. The molecule has 3 rings (SSSR count). The summed E-state index contributed by atoms with van der Waals surface area (Å²) in [6, 6.07) is 13.7. The van der Waals surface area contributed by atoms with Crippen molar-refractivity contribution in [2.75, 3.05) is 19.8 Å². The van der Waals surface area contributed by atoms with Crippen molar-refractivity contribution in [3.05, 3.63) is 48.2 Å². The van der Waals surface area contributed by atoms with Crippen LogP contribution in [0.5, 0.6) is 0 Å². The van der Waals surface area contributed by atoms with Crippen LogP contribution in [0.4, 0.5) is 0 Å². The van der Waals surface area contributed by atoms with Crippen LogP contribution in [0.1, 0.15) is 29.8 Å². The zero-order valence-corrected chi connectivity index (χ0v) is 14.9. The summed E-state index contributed by atoms with van der Waals surface area (Å²) < 4.78 is 7.27. The molecule has 1 aliphatic rings. The van der Waals surface area contributed by atoms with Crippen LogP contribution in [0, 0.1) is 0 Å². The molecule has 6 nitrogen and oxygen atoms in total. The van der Waals surface area contributed by atoms with E-state index >= 15 is 0 Å². The molecular formula is C20H24N2O4. The lowest BCUT2D eigenvalue weighted by molar-refractivity contribution is -0.137. The molecule has 6 heteroatoms. The van der Waals surface area contributed by atoms with E-state index in [1.165, 1.54) is 0 Å². The fraction of sp³-hybridized carbons (Fsp3) is 0.400. The number of nitrogens with zero attached hydrogens (tertiary/aromatic N) is 2. The molecule has 1 fully saturated rings. The maximum absolute atomic E-state index is 13.2. The average Bonchev–Trinajstić information content (AvgIpc) is 3.04. The zero-order chi connectivity index (χ0) is 18.5. The van der Waals surface area contributed by atoms with E-state index in [0.717, 1.165) is 24.1 Å². The van der Waals surface area contributed by atoms with E-state index in [-0.39, 0.29) is 24.9 Å². The molecule has 2 heterocycles. The minimum Gasteiger partial charge on any atom is -0.481 e. The molecule has 0 radical (unpaired) electrons. The van der Waals surface area contributed by atoms with Gasteiger partial charge in [0, 0.05) is 38.5 Å². The molecular weight excluding hydrogens is 332 g/mol. The summed E-state index contributed by atoms with van der Waals surface area (Å²) in [7, 11) is 1.87. The second-order valence-electron chi connectivity index (χ2n) is 6.51. The van der Waals surface area contributed by atoms with Crippen LogP contribution < -0.4 is 0 Å². The van der Waals surface area contributed by atoms with Gasteiger partial charge in [0.2, 0.25) is 0 Å². The summed E-state index contributed by atoms with van der Waals surface area (Å²) in [5.41, 5.74) is 2.57. The number of aliphatic carboxylic acids is 1. The molecule has 1 saturated heterocycles. The fourth-order valence-electron chi connectivity index (χ4n) is 3.43. The van der Waals surface area contributed by atoms with E-state index in [4.69, 9.17) is 9.84 Å². The maximum atomic E-state index is 13.2. The molecule has 0 aliphatic carbocycles. The third-order valence-electron chi connectivity index (χ3n) is 4.87. The minimum absolute atomic E-state index is 0.0191. The highest BCUT2D eigenvalue weighted by molar-refractivity contribution is 5.94. The topological polar surface area (TPSA) is 71.8 Å². The summed E-state index contributed by atoms with van der Waals surface area (Å²) in [6.07, 6.45) is 1.42. The number of benzene rings is 1. The van der Waals surface area contributed by atoms with Crippen molar-refractivity contribution in [3.63, 3.8) is 0 Å². The van der Waals surface area contributed by atoms with Gasteiger partial charge in [0.1, 0.15) is 5.69 Å². The Labute approximate surface area is 153 Å². The Hall–Kier alpha value is -2.60. The van der Waals surface area contributed by atoms with Gasteiger partial charge in [0.25, 0.3) is 5.91 Å². The maximum Gasteiger partial charge on any atom is 0.305 e. The third-order valence-corrected chi connectivity index (χ3v) is 4.87. The zero-order valence-electron chi connectivity index (χ0n) is 14.9. The lowest BCUT2D eigenvalue weighted by Crippen LogP contribution is -2.45.